The summed E-state index contributed by atoms with van der Waals surface area (Å²) in [5, 5.41) is 4.94. The molecule has 0 aliphatic rings. The van der Waals surface area contributed by atoms with Gasteiger partial charge in [-0.05, 0) is 48.6 Å². The first-order valence-electron chi connectivity index (χ1n) is 6.31. The molecule has 0 saturated carbocycles. The van der Waals surface area contributed by atoms with Gasteiger partial charge in [-0.25, -0.2) is 0 Å². The summed E-state index contributed by atoms with van der Waals surface area (Å²) in [4.78, 5) is 0. The van der Waals surface area contributed by atoms with Crippen molar-refractivity contribution in [2.45, 2.75) is 0 Å². The van der Waals surface area contributed by atoms with Gasteiger partial charge in [-0.15, -0.1) is 0 Å². The highest BCUT2D eigenvalue weighted by Gasteiger charge is 2.06. The highest BCUT2D eigenvalue weighted by atomic mass is 79.9. The van der Waals surface area contributed by atoms with Gasteiger partial charge in [0.1, 0.15) is 18.1 Å². The van der Waals surface area contributed by atoms with Crippen LogP contribution in [-0.2, 0) is 0 Å². The number of ether oxygens (including phenoxy) is 1. The summed E-state index contributed by atoms with van der Waals surface area (Å²) in [5.41, 5.74) is 9.59. The number of hydrogen-bond donors (Lipinski definition) is 2. The van der Waals surface area contributed by atoms with Gasteiger partial charge in [-0.1, -0.05) is 39.7 Å². The third-order valence-electron chi connectivity index (χ3n) is 2.67. The Hall–Kier alpha value is -1.63. The maximum Gasteiger partial charge on any atom is 0.184 e. The molecule has 2 aromatic rings. The van der Waals surface area contributed by atoms with Crippen molar-refractivity contribution in [3.63, 3.8) is 0 Å². The van der Waals surface area contributed by atoms with Crippen molar-refractivity contribution < 1.29 is 4.74 Å². The molecule has 0 bridgehead atoms. The van der Waals surface area contributed by atoms with Crippen molar-refractivity contribution in [3.8, 4) is 5.75 Å². The van der Waals surface area contributed by atoms with E-state index in [1.165, 1.54) is 0 Å². The standard InChI is InChI=1S/C15H13BrClN3OS/c16-11-3-1-10(2-4-11)14(19-20-15(18)22)9-21-13-7-5-12(17)6-8-13/h1-8H,9H2,(H3,18,20,22)/b19-14+. The van der Waals surface area contributed by atoms with Gasteiger partial charge in [0, 0.05) is 15.1 Å². The number of thiocarbonyl (C=S) groups is 1. The number of rotatable bonds is 5. The zero-order chi connectivity index (χ0) is 15.9. The fraction of sp³-hybridized carbons (Fsp3) is 0.0667. The summed E-state index contributed by atoms with van der Waals surface area (Å²) in [7, 11) is 0. The zero-order valence-corrected chi connectivity index (χ0v) is 14.6. The van der Waals surface area contributed by atoms with Crippen LogP contribution in [0.3, 0.4) is 0 Å². The highest BCUT2D eigenvalue weighted by molar-refractivity contribution is 9.10. The topological polar surface area (TPSA) is 59.6 Å². The van der Waals surface area contributed by atoms with Crippen LogP contribution < -0.4 is 15.9 Å². The number of benzene rings is 2. The SMILES string of the molecule is NC(=S)N/N=C(\COc1ccc(Cl)cc1)c1ccc(Br)cc1. The van der Waals surface area contributed by atoms with E-state index in [9.17, 15) is 0 Å². The normalized spacial score (nSPS) is 11.1. The monoisotopic (exact) mass is 397 g/mol. The fourth-order valence-corrected chi connectivity index (χ4v) is 2.06. The van der Waals surface area contributed by atoms with E-state index >= 15 is 0 Å². The second-order valence-electron chi connectivity index (χ2n) is 4.28. The molecule has 114 valence electrons. The first-order chi connectivity index (χ1) is 10.5. The molecule has 0 atom stereocenters. The number of hydrogen-bond acceptors (Lipinski definition) is 3. The maximum atomic E-state index is 5.85. The molecule has 3 N–H and O–H groups in total. The quantitative estimate of drug-likeness (QED) is 0.458. The van der Waals surface area contributed by atoms with Crippen molar-refractivity contribution in [1.82, 2.24) is 5.43 Å². The third-order valence-corrected chi connectivity index (χ3v) is 3.54. The van der Waals surface area contributed by atoms with Crippen molar-refractivity contribution in [1.29, 1.82) is 0 Å². The number of nitrogens with zero attached hydrogens (tertiary/aromatic N) is 1. The lowest BCUT2D eigenvalue weighted by atomic mass is 10.1. The van der Waals surface area contributed by atoms with Gasteiger partial charge in [0.05, 0.1) is 0 Å². The lowest BCUT2D eigenvalue weighted by molar-refractivity contribution is 0.376. The molecular formula is C15H13BrClN3OS. The first-order valence-corrected chi connectivity index (χ1v) is 7.89. The predicted molar refractivity (Wildman–Crippen MR) is 97.5 cm³/mol. The van der Waals surface area contributed by atoms with Crippen LogP contribution in [0.1, 0.15) is 5.56 Å². The number of nitrogens with two attached hydrogens (primary N) is 1. The predicted octanol–water partition coefficient (Wildman–Crippen LogP) is 3.72. The lowest BCUT2D eigenvalue weighted by Gasteiger charge is -2.10. The van der Waals surface area contributed by atoms with Gasteiger partial charge in [-0.3, -0.25) is 5.43 Å². The van der Waals surface area contributed by atoms with Gasteiger partial charge >= 0.3 is 0 Å². The van der Waals surface area contributed by atoms with Gasteiger partial charge < -0.3 is 10.5 Å². The Morgan fingerprint density at radius 2 is 1.82 bits per heavy atom. The molecule has 0 heterocycles. The Bertz CT molecular complexity index is 674. The molecule has 2 aromatic carbocycles. The Balaban J connectivity index is 2.14. The van der Waals surface area contributed by atoms with Crippen LogP contribution in [0.5, 0.6) is 5.75 Å². The molecule has 4 nitrogen and oxygen atoms in total. The van der Waals surface area contributed by atoms with Crippen molar-refractivity contribution >= 4 is 50.6 Å². The molecule has 0 aromatic heterocycles. The summed E-state index contributed by atoms with van der Waals surface area (Å²) in [6, 6.07) is 14.8. The lowest BCUT2D eigenvalue weighted by Crippen LogP contribution is -2.27. The van der Waals surface area contributed by atoms with E-state index in [4.69, 9.17) is 34.3 Å². The second-order valence-corrected chi connectivity index (χ2v) is 6.08. The van der Waals surface area contributed by atoms with Gasteiger partial charge in [0.25, 0.3) is 0 Å². The van der Waals surface area contributed by atoms with E-state index in [1.54, 1.807) is 24.3 Å². The van der Waals surface area contributed by atoms with E-state index in [1.807, 2.05) is 24.3 Å². The number of halogens is 2. The second kappa shape index (κ2) is 8.12. The molecule has 0 aliphatic heterocycles. The van der Waals surface area contributed by atoms with Gasteiger partial charge in [0.15, 0.2) is 5.11 Å². The number of hydrazone groups is 1. The Labute approximate surface area is 147 Å². The van der Waals surface area contributed by atoms with Crippen LogP contribution in [-0.4, -0.2) is 17.4 Å². The minimum Gasteiger partial charge on any atom is -0.487 e. The van der Waals surface area contributed by atoms with Crippen LogP contribution in [0.2, 0.25) is 5.02 Å². The van der Waals surface area contributed by atoms with E-state index in [0.29, 0.717) is 16.5 Å². The Kier molecular flexibility index (Phi) is 6.18. The molecule has 0 unspecified atom stereocenters. The van der Waals surface area contributed by atoms with Gasteiger partial charge in [0.2, 0.25) is 0 Å². The molecule has 0 aliphatic carbocycles. The first kappa shape index (κ1) is 16.7. The van der Waals surface area contributed by atoms with E-state index in [2.05, 4.69) is 26.5 Å². The molecule has 0 amide bonds. The minimum atomic E-state index is 0.0982. The summed E-state index contributed by atoms with van der Waals surface area (Å²) < 4.78 is 6.70. The fourth-order valence-electron chi connectivity index (χ4n) is 1.63. The zero-order valence-electron chi connectivity index (χ0n) is 11.4. The van der Waals surface area contributed by atoms with E-state index in [0.717, 1.165) is 10.0 Å². The van der Waals surface area contributed by atoms with Gasteiger partial charge in [-0.2, -0.15) is 5.10 Å². The minimum absolute atomic E-state index is 0.0982. The van der Waals surface area contributed by atoms with Crippen LogP contribution in [0, 0.1) is 0 Å². The average molecular weight is 399 g/mol. The summed E-state index contributed by atoms with van der Waals surface area (Å²) in [5.74, 6) is 0.699. The molecular weight excluding hydrogens is 386 g/mol. The molecule has 2 rings (SSSR count). The molecule has 0 saturated heterocycles. The summed E-state index contributed by atoms with van der Waals surface area (Å²) in [6.45, 7) is 0.263. The van der Waals surface area contributed by atoms with Crippen LogP contribution >= 0.6 is 39.7 Å². The average Bonchev–Trinajstić information content (AvgIpc) is 2.50. The molecule has 22 heavy (non-hydrogen) atoms. The maximum absolute atomic E-state index is 5.85. The Morgan fingerprint density at radius 3 is 2.41 bits per heavy atom. The summed E-state index contributed by atoms with van der Waals surface area (Å²) in [6.07, 6.45) is 0. The van der Waals surface area contributed by atoms with E-state index in [-0.39, 0.29) is 11.7 Å². The van der Waals surface area contributed by atoms with Crippen molar-refractivity contribution in [2.75, 3.05) is 6.61 Å². The Morgan fingerprint density at radius 1 is 1.18 bits per heavy atom. The largest absolute Gasteiger partial charge is 0.487 e. The molecule has 0 spiro atoms. The molecule has 0 radical (unpaired) electrons. The van der Waals surface area contributed by atoms with Crippen molar-refractivity contribution in [3.05, 3.63) is 63.6 Å². The molecule has 7 heteroatoms. The number of nitrogens with one attached hydrogen (secondary N) is 1. The van der Waals surface area contributed by atoms with Crippen molar-refractivity contribution in [2.24, 2.45) is 10.8 Å². The summed E-state index contributed by atoms with van der Waals surface area (Å²) >= 11 is 14.0. The van der Waals surface area contributed by atoms with Crippen LogP contribution in [0.4, 0.5) is 0 Å². The van der Waals surface area contributed by atoms with Crippen LogP contribution in [0.25, 0.3) is 0 Å². The van der Waals surface area contributed by atoms with Crippen LogP contribution in [0.15, 0.2) is 58.1 Å². The highest BCUT2D eigenvalue weighted by Crippen LogP contribution is 2.16. The van der Waals surface area contributed by atoms with E-state index < -0.39 is 0 Å². The smallest absolute Gasteiger partial charge is 0.184 e. The molecule has 0 fully saturated rings. The third kappa shape index (κ3) is 5.29.